The Bertz CT molecular complexity index is 560. The van der Waals surface area contributed by atoms with Crippen LogP contribution in [0.3, 0.4) is 0 Å². The van der Waals surface area contributed by atoms with Crippen LogP contribution in [0.25, 0.3) is 0 Å². The van der Waals surface area contributed by atoms with Crippen molar-refractivity contribution < 1.29 is 19.7 Å². The van der Waals surface area contributed by atoms with Gasteiger partial charge in [-0.15, -0.1) is 0 Å². The zero-order chi connectivity index (χ0) is 18.8. The van der Waals surface area contributed by atoms with Crippen molar-refractivity contribution in [3.05, 3.63) is 0 Å². The SMILES string of the molecule is CCCN1C(O)C2N[C@@H](C3CC4CC3C43OCCO3)NC2N(CCC)C1O. The molecule has 2 bridgehead atoms. The lowest BCUT2D eigenvalue weighted by Gasteiger charge is -2.49. The first-order valence-corrected chi connectivity index (χ1v) is 10.8. The van der Waals surface area contributed by atoms with E-state index in [1.165, 1.54) is 6.42 Å². The predicted octanol–water partition coefficient (Wildman–Crippen LogP) is -0.369. The number of nitrogens with one attached hydrogen (secondary N) is 2. The fourth-order valence-electron chi connectivity index (χ4n) is 6.39. The van der Waals surface area contributed by atoms with Crippen molar-refractivity contribution in [2.24, 2.45) is 17.8 Å². The average Bonchev–Trinajstić information content (AvgIpc) is 3.42. The molecule has 6 fully saturated rings. The molecule has 0 amide bonds. The second-order valence-electron chi connectivity index (χ2n) is 8.87. The molecule has 7 unspecified atom stereocenters. The van der Waals surface area contributed by atoms with Crippen molar-refractivity contribution in [1.29, 1.82) is 0 Å². The molecule has 8 heteroatoms. The van der Waals surface area contributed by atoms with Crippen LogP contribution in [0.5, 0.6) is 0 Å². The van der Waals surface area contributed by atoms with Gasteiger partial charge in [-0.25, -0.2) is 9.80 Å². The molecule has 6 rings (SSSR count). The summed E-state index contributed by atoms with van der Waals surface area (Å²) in [7, 11) is 0. The third-order valence-corrected chi connectivity index (χ3v) is 7.50. The van der Waals surface area contributed by atoms with Crippen molar-refractivity contribution in [2.45, 2.75) is 76.3 Å². The second kappa shape index (κ2) is 6.88. The highest BCUT2D eigenvalue weighted by atomic mass is 16.7. The van der Waals surface area contributed by atoms with Crippen LogP contribution in [-0.2, 0) is 9.47 Å². The normalized spacial score (nSPS) is 48.9. The largest absolute Gasteiger partial charge is 0.376 e. The Labute approximate surface area is 161 Å². The van der Waals surface area contributed by atoms with Crippen LogP contribution in [0.4, 0.5) is 0 Å². The van der Waals surface area contributed by atoms with Crippen LogP contribution < -0.4 is 10.6 Å². The van der Waals surface area contributed by atoms with E-state index < -0.39 is 12.6 Å². The zero-order valence-electron chi connectivity index (χ0n) is 16.4. The molecule has 4 N–H and O–H groups in total. The lowest BCUT2D eigenvalue weighted by atomic mass is 9.74. The molecular formula is C19H34N4O4. The minimum absolute atomic E-state index is 0.0628. The molecule has 3 aliphatic carbocycles. The van der Waals surface area contributed by atoms with Crippen LogP contribution in [0.1, 0.15) is 39.5 Å². The number of hydrogen-bond acceptors (Lipinski definition) is 8. The van der Waals surface area contributed by atoms with Gasteiger partial charge >= 0.3 is 0 Å². The van der Waals surface area contributed by atoms with E-state index in [-0.39, 0.29) is 24.2 Å². The van der Waals surface area contributed by atoms with Gasteiger partial charge in [-0.2, -0.15) is 0 Å². The van der Waals surface area contributed by atoms with E-state index in [1.807, 2.05) is 4.90 Å². The molecule has 3 heterocycles. The fourth-order valence-corrected chi connectivity index (χ4v) is 6.39. The van der Waals surface area contributed by atoms with Crippen molar-refractivity contribution >= 4 is 0 Å². The lowest BCUT2D eigenvalue weighted by molar-refractivity contribution is -0.266. The van der Waals surface area contributed by atoms with Crippen LogP contribution in [0.15, 0.2) is 0 Å². The summed E-state index contributed by atoms with van der Waals surface area (Å²) in [6.45, 7) is 7.09. The van der Waals surface area contributed by atoms with Crippen LogP contribution in [0.2, 0.25) is 0 Å². The van der Waals surface area contributed by atoms with Crippen molar-refractivity contribution in [2.75, 3.05) is 26.3 Å². The van der Waals surface area contributed by atoms with E-state index in [0.717, 1.165) is 25.8 Å². The number of nitrogens with zero attached hydrogens (tertiary/aromatic N) is 2. The van der Waals surface area contributed by atoms with E-state index in [9.17, 15) is 10.2 Å². The lowest BCUT2D eigenvalue weighted by Crippen LogP contribution is -2.71. The zero-order valence-corrected chi connectivity index (χ0v) is 16.4. The Morgan fingerprint density at radius 3 is 2.41 bits per heavy atom. The summed E-state index contributed by atoms with van der Waals surface area (Å²) in [5.74, 6) is 1.02. The Kier molecular flexibility index (Phi) is 4.76. The van der Waals surface area contributed by atoms with Gasteiger partial charge in [-0.1, -0.05) is 13.8 Å². The van der Waals surface area contributed by atoms with Gasteiger partial charge in [0.15, 0.2) is 12.1 Å². The molecule has 0 radical (unpaired) electrons. The monoisotopic (exact) mass is 382 g/mol. The molecule has 1 spiro atoms. The molecule has 8 nitrogen and oxygen atoms in total. The smallest absolute Gasteiger partial charge is 0.174 e. The maximum Gasteiger partial charge on any atom is 0.174 e. The number of aliphatic hydroxyl groups is 2. The van der Waals surface area contributed by atoms with Crippen LogP contribution in [-0.4, -0.2) is 83.1 Å². The van der Waals surface area contributed by atoms with Gasteiger partial charge in [0.2, 0.25) is 0 Å². The maximum atomic E-state index is 11.0. The van der Waals surface area contributed by atoms with E-state index in [4.69, 9.17) is 9.47 Å². The molecule has 0 aromatic heterocycles. The number of fused-ring (bicyclic) bond motifs is 2. The van der Waals surface area contributed by atoms with Crippen molar-refractivity contribution in [3.8, 4) is 0 Å². The second-order valence-corrected chi connectivity index (χ2v) is 8.87. The average molecular weight is 383 g/mol. The predicted molar refractivity (Wildman–Crippen MR) is 98.0 cm³/mol. The van der Waals surface area contributed by atoms with Gasteiger partial charge in [0, 0.05) is 24.9 Å². The van der Waals surface area contributed by atoms with Gasteiger partial charge in [0.1, 0.15) is 6.23 Å². The first-order chi connectivity index (χ1) is 13.1. The molecule has 3 saturated carbocycles. The number of ether oxygens (including phenoxy) is 2. The minimum Gasteiger partial charge on any atom is -0.376 e. The quantitative estimate of drug-likeness (QED) is 0.512. The Morgan fingerprint density at radius 2 is 1.70 bits per heavy atom. The summed E-state index contributed by atoms with van der Waals surface area (Å²) in [4.78, 5) is 3.91. The van der Waals surface area contributed by atoms with Crippen molar-refractivity contribution in [1.82, 2.24) is 20.4 Å². The molecule has 3 aliphatic heterocycles. The van der Waals surface area contributed by atoms with E-state index in [2.05, 4.69) is 29.4 Å². The summed E-state index contributed by atoms with van der Waals surface area (Å²) in [5, 5.41) is 29.2. The molecule has 0 aromatic rings. The first-order valence-electron chi connectivity index (χ1n) is 10.8. The fraction of sp³-hybridized carbons (Fsp3) is 1.00. The third-order valence-electron chi connectivity index (χ3n) is 7.50. The van der Waals surface area contributed by atoms with Gasteiger partial charge in [0.05, 0.1) is 31.6 Å². The van der Waals surface area contributed by atoms with Gasteiger partial charge in [-0.3, -0.25) is 10.6 Å². The van der Waals surface area contributed by atoms with Crippen LogP contribution in [0, 0.1) is 17.8 Å². The Hall–Kier alpha value is -0.320. The first kappa shape index (κ1) is 18.7. The van der Waals surface area contributed by atoms with E-state index in [0.29, 0.717) is 37.5 Å². The topological polar surface area (TPSA) is 89.5 Å². The molecule has 8 atom stereocenters. The summed E-state index contributed by atoms with van der Waals surface area (Å²) in [5.41, 5.74) is 0. The molecule has 3 saturated heterocycles. The summed E-state index contributed by atoms with van der Waals surface area (Å²) >= 11 is 0. The standard InChI is InChI=1S/C19H34N4O4/c1-3-5-22-16-14(17(24)23(6-4-2)18(22)25)20-15(21-16)12-9-11-10-13(12)19(11)26-7-8-27-19/h11-18,20-21,24-25H,3-10H2,1-2H3/t11?,12?,13?,14?,15-,16?,17?,18?/m1/s1. The summed E-state index contributed by atoms with van der Waals surface area (Å²) < 4.78 is 12.1. The van der Waals surface area contributed by atoms with Crippen molar-refractivity contribution in [3.63, 3.8) is 0 Å². The summed E-state index contributed by atoms with van der Waals surface area (Å²) in [6.07, 6.45) is 2.73. The highest BCUT2D eigenvalue weighted by Crippen LogP contribution is 2.63. The van der Waals surface area contributed by atoms with Gasteiger partial charge in [-0.05, 0) is 31.6 Å². The number of aliphatic hydroxyl groups excluding tert-OH is 2. The Morgan fingerprint density at radius 1 is 1.00 bits per heavy atom. The highest BCUT2D eigenvalue weighted by Gasteiger charge is 2.69. The number of rotatable bonds is 5. The Balaban J connectivity index is 1.34. The highest BCUT2D eigenvalue weighted by molar-refractivity contribution is 5.14. The molecular weight excluding hydrogens is 348 g/mol. The van der Waals surface area contributed by atoms with Crippen LogP contribution >= 0.6 is 0 Å². The molecule has 0 aromatic carbocycles. The van der Waals surface area contributed by atoms with Gasteiger partial charge < -0.3 is 19.7 Å². The van der Waals surface area contributed by atoms with E-state index >= 15 is 0 Å². The number of hydrogen-bond donors (Lipinski definition) is 4. The minimum atomic E-state index is -0.751. The molecule has 27 heavy (non-hydrogen) atoms. The maximum absolute atomic E-state index is 11.0. The van der Waals surface area contributed by atoms with E-state index in [1.54, 1.807) is 0 Å². The molecule has 154 valence electrons. The molecule has 6 aliphatic rings. The van der Waals surface area contributed by atoms with Gasteiger partial charge in [0.25, 0.3) is 0 Å². The third kappa shape index (κ3) is 2.58. The summed E-state index contributed by atoms with van der Waals surface area (Å²) in [6, 6.07) is -0.115.